The summed E-state index contributed by atoms with van der Waals surface area (Å²) in [4.78, 5) is 5.32. The third-order valence-corrected chi connectivity index (χ3v) is 5.19. The fraction of sp³-hybridized carbons (Fsp3) is 0.625. The van der Waals surface area contributed by atoms with Crippen LogP contribution in [-0.4, -0.2) is 53.9 Å². The van der Waals surface area contributed by atoms with Crippen molar-refractivity contribution < 1.29 is 0 Å². The van der Waals surface area contributed by atoms with Crippen LogP contribution in [0.3, 0.4) is 0 Å². The molecule has 3 rings (SSSR count). The quantitative estimate of drug-likeness (QED) is 0.769. The Morgan fingerprint density at radius 2 is 1.74 bits per heavy atom. The molecule has 1 aliphatic heterocycles. The molecule has 1 unspecified atom stereocenters. The molecule has 0 bridgehead atoms. The largest absolute Gasteiger partial charge is 0.300 e. The van der Waals surface area contributed by atoms with Crippen molar-refractivity contribution in [2.24, 2.45) is 0 Å². The van der Waals surface area contributed by atoms with Crippen molar-refractivity contribution in [2.45, 2.75) is 24.8 Å². The van der Waals surface area contributed by atoms with Crippen LogP contribution in [0.4, 0.5) is 0 Å². The van der Waals surface area contributed by atoms with E-state index in [1.807, 2.05) is 0 Å². The first-order valence-electron chi connectivity index (χ1n) is 7.44. The van der Waals surface area contributed by atoms with E-state index in [9.17, 15) is 0 Å². The summed E-state index contributed by atoms with van der Waals surface area (Å²) >= 11 is 3.69. The van der Waals surface area contributed by atoms with Crippen LogP contribution in [0.15, 0.2) is 30.3 Å². The lowest BCUT2D eigenvalue weighted by Gasteiger charge is -2.36. The van der Waals surface area contributed by atoms with Gasteiger partial charge in [0, 0.05) is 50.0 Å². The van der Waals surface area contributed by atoms with Gasteiger partial charge in [0.05, 0.1) is 0 Å². The zero-order chi connectivity index (χ0) is 13.1. The Morgan fingerprint density at radius 3 is 2.32 bits per heavy atom. The third-order valence-electron chi connectivity index (χ3n) is 4.41. The van der Waals surface area contributed by atoms with E-state index in [1.54, 1.807) is 0 Å². The van der Waals surface area contributed by atoms with Crippen molar-refractivity contribution in [3.8, 4) is 0 Å². The smallest absolute Gasteiger partial charge is 0.0113 e. The molecule has 1 aromatic rings. The Morgan fingerprint density at radius 1 is 1.05 bits per heavy atom. The zero-order valence-corrected chi connectivity index (χ0v) is 13.1. The summed E-state index contributed by atoms with van der Waals surface area (Å²) in [5.41, 5.74) is 1.46. The van der Waals surface area contributed by atoms with Crippen molar-refractivity contribution in [1.29, 1.82) is 0 Å². The maximum Gasteiger partial charge on any atom is 0.0113 e. The van der Waals surface area contributed by atoms with E-state index in [4.69, 9.17) is 0 Å². The Bertz CT molecular complexity index is 383. The summed E-state index contributed by atoms with van der Waals surface area (Å²) in [5, 5.41) is 1.06. The Balaban J connectivity index is 1.52. The standard InChI is InChI=1S/C16H23BrN2/c17-12-15(14-4-2-1-3-5-14)13-18-8-10-19(11-9-18)16-6-7-16/h1-5,15-16H,6-13H2. The molecule has 104 valence electrons. The summed E-state index contributed by atoms with van der Waals surface area (Å²) in [7, 11) is 0. The van der Waals surface area contributed by atoms with Crippen LogP contribution in [0.1, 0.15) is 24.3 Å². The SMILES string of the molecule is BrCC(CN1CCN(C2CC2)CC1)c1ccccc1. The fourth-order valence-electron chi connectivity index (χ4n) is 3.03. The van der Waals surface area contributed by atoms with Gasteiger partial charge in [0.15, 0.2) is 0 Å². The zero-order valence-electron chi connectivity index (χ0n) is 11.5. The van der Waals surface area contributed by atoms with Crippen LogP contribution in [0, 0.1) is 0 Å². The first kappa shape index (κ1) is 13.6. The normalized spacial score (nSPS) is 23.4. The summed E-state index contributed by atoms with van der Waals surface area (Å²) < 4.78 is 0. The molecule has 0 N–H and O–H groups in total. The van der Waals surface area contributed by atoms with Gasteiger partial charge in [0.2, 0.25) is 0 Å². The molecule has 1 aromatic carbocycles. The fourth-order valence-corrected chi connectivity index (χ4v) is 3.61. The minimum Gasteiger partial charge on any atom is -0.300 e. The molecule has 1 heterocycles. The van der Waals surface area contributed by atoms with Gasteiger partial charge in [-0.1, -0.05) is 46.3 Å². The lowest BCUT2D eigenvalue weighted by atomic mass is 10.0. The van der Waals surface area contributed by atoms with Crippen LogP contribution in [-0.2, 0) is 0 Å². The Hall–Kier alpha value is -0.380. The predicted octanol–water partition coefficient (Wildman–Crippen LogP) is 2.95. The maximum atomic E-state index is 3.69. The second-order valence-corrected chi connectivity index (χ2v) is 6.48. The molecular weight excluding hydrogens is 300 g/mol. The van der Waals surface area contributed by atoms with Crippen LogP contribution in [0.5, 0.6) is 0 Å². The van der Waals surface area contributed by atoms with Gasteiger partial charge in [-0.2, -0.15) is 0 Å². The molecule has 3 heteroatoms. The minimum absolute atomic E-state index is 0.619. The molecule has 0 spiro atoms. The molecule has 19 heavy (non-hydrogen) atoms. The van der Waals surface area contributed by atoms with Gasteiger partial charge in [-0.15, -0.1) is 0 Å². The van der Waals surface area contributed by atoms with Gasteiger partial charge < -0.3 is 4.90 Å². The van der Waals surface area contributed by atoms with Crippen LogP contribution >= 0.6 is 15.9 Å². The third kappa shape index (κ3) is 3.59. The lowest BCUT2D eigenvalue weighted by molar-refractivity contribution is 0.123. The van der Waals surface area contributed by atoms with Gasteiger partial charge in [-0.05, 0) is 18.4 Å². The molecule has 0 aromatic heterocycles. The first-order chi connectivity index (χ1) is 9.36. The summed E-state index contributed by atoms with van der Waals surface area (Å²) in [6.45, 7) is 6.22. The van der Waals surface area contributed by atoms with Crippen molar-refractivity contribution >= 4 is 15.9 Å². The second-order valence-electron chi connectivity index (χ2n) is 5.83. The molecule has 1 saturated heterocycles. The Kier molecular flexibility index (Phi) is 4.57. The second kappa shape index (κ2) is 6.38. The number of halogens is 1. The van der Waals surface area contributed by atoms with Crippen LogP contribution in [0.2, 0.25) is 0 Å². The highest BCUT2D eigenvalue weighted by molar-refractivity contribution is 9.09. The number of hydrogen-bond acceptors (Lipinski definition) is 2. The molecule has 2 fully saturated rings. The molecule has 0 radical (unpaired) electrons. The molecule has 1 aliphatic carbocycles. The average Bonchev–Trinajstić information content (AvgIpc) is 3.31. The minimum atomic E-state index is 0.619. The summed E-state index contributed by atoms with van der Waals surface area (Å²) in [6, 6.07) is 11.8. The van der Waals surface area contributed by atoms with Crippen LogP contribution in [0.25, 0.3) is 0 Å². The number of nitrogens with zero attached hydrogens (tertiary/aromatic N) is 2. The highest BCUT2D eigenvalue weighted by atomic mass is 79.9. The van der Waals surface area contributed by atoms with E-state index in [0.717, 1.165) is 11.4 Å². The van der Waals surface area contributed by atoms with Gasteiger partial charge in [0.1, 0.15) is 0 Å². The number of alkyl halides is 1. The Labute approximate surface area is 124 Å². The maximum absolute atomic E-state index is 3.69. The number of piperazine rings is 1. The monoisotopic (exact) mass is 322 g/mol. The molecule has 2 aliphatic rings. The highest BCUT2D eigenvalue weighted by Gasteiger charge is 2.31. The number of hydrogen-bond donors (Lipinski definition) is 0. The van der Waals surface area contributed by atoms with E-state index in [-0.39, 0.29) is 0 Å². The van der Waals surface area contributed by atoms with Crippen LogP contribution < -0.4 is 0 Å². The number of benzene rings is 1. The van der Waals surface area contributed by atoms with Crippen molar-refractivity contribution in [3.63, 3.8) is 0 Å². The highest BCUT2D eigenvalue weighted by Crippen LogP contribution is 2.28. The molecule has 0 amide bonds. The lowest BCUT2D eigenvalue weighted by Crippen LogP contribution is -2.48. The van der Waals surface area contributed by atoms with E-state index in [2.05, 4.69) is 56.1 Å². The predicted molar refractivity (Wildman–Crippen MR) is 84.0 cm³/mol. The van der Waals surface area contributed by atoms with E-state index in [0.29, 0.717) is 5.92 Å². The molecule has 1 atom stereocenters. The summed E-state index contributed by atoms with van der Waals surface area (Å²) in [5.74, 6) is 0.619. The molecule has 1 saturated carbocycles. The van der Waals surface area contributed by atoms with Gasteiger partial charge >= 0.3 is 0 Å². The summed E-state index contributed by atoms with van der Waals surface area (Å²) in [6.07, 6.45) is 2.88. The van der Waals surface area contributed by atoms with Gasteiger partial charge in [0.25, 0.3) is 0 Å². The van der Waals surface area contributed by atoms with Crippen molar-refractivity contribution in [2.75, 3.05) is 38.1 Å². The van der Waals surface area contributed by atoms with Crippen molar-refractivity contribution in [3.05, 3.63) is 35.9 Å². The van der Waals surface area contributed by atoms with E-state index < -0.39 is 0 Å². The van der Waals surface area contributed by atoms with Gasteiger partial charge in [-0.25, -0.2) is 0 Å². The van der Waals surface area contributed by atoms with Crippen molar-refractivity contribution in [1.82, 2.24) is 9.80 Å². The first-order valence-corrected chi connectivity index (χ1v) is 8.56. The molecule has 2 nitrogen and oxygen atoms in total. The molecular formula is C16H23BrN2. The topological polar surface area (TPSA) is 6.48 Å². The van der Waals surface area contributed by atoms with E-state index >= 15 is 0 Å². The average molecular weight is 323 g/mol. The number of rotatable bonds is 5. The van der Waals surface area contributed by atoms with E-state index in [1.165, 1.54) is 51.1 Å². The van der Waals surface area contributed by atoms with Gasteiger partial charge in [-0.3, -0.25) is 4.90 Å².